The average molecular weight is 389 g/mol. The second-order valence-electron chi connectivity index (χ2n) is 6.61. The second-order valence-corrected chi connectivity index (χ2v) is 6.61. The molecule has 0 unspecified atom stereocenters. The number of aliphatic imine (C=N–C) groups is 2. The van der Waals surface area contributed by atoms with E-state index in [1.807, 2.05) is 48.5 Å². The van der Waals surface area contributed by atoms with Gasteiger partial charge in [0.2, 0.25) is 0 Å². The standard InChI is InChI=1S/C22H23N5O2/c1-3-4-13-29-18-11-9-16(10-12-18)20-21(27-22(26-20)24-15-25-27)23-14-17-7-5-6-8-19(17)28-2/h5-12,15H,3-4,13-14H2,1-2H3. The van der Waals surface area contributed by atoms with Crippen LogP contribution in [-0.2, 0) is 6.54 Å². The van der Waals surface area contributed by atoms with Crippen LogP contribution < -0.4 is 9.47 Å². The number of rotatable bonds is 8. The fourth-order valence-corrected chi connectivity index (χ4v) is 3.08. The van der Waals surface area contributed by atoms with Gasteiger partial charge in [0.25, 0.3) is 5.95 Å². The Morgan fingerprint density at radius 3 is 2.69 bits per heavy atom. The molecule has 148 valence electrons. The molecule has 0 atom stereocenters. The van der Waals surface area contributed by atoms with E-state index in [0.717, 1.165) is 47.8 Å². The zero-order valence-corrected chi connectivity index (χ0v) is 16.6. The van der Waals surface area contributed by atoms with Gasteiger partial charge in [0.05, 0.1) is 20.3 Å². The fourth-order valence-electron chi connectivity index (χ4n) is 3.08. The molecule has 1 aromatic heterocycles. The van der Waals surface area contributed by atoms with Crippen molar-refractivity contribution in [2.24, 2.45) is 9.98 Å². The Balaban J connectivity index is 1.60. The lowest BCUT2D eigenvalue weighted by atomic mass is 10.1. The molecule has 1 aliphatic rings. The molecule has 7 nitrogen and oxygen atoms in total. The predicted octanol–water partition coefficient (Wildman–Crippen LogP) is 4.05. The highest BCUT2D eigenvalue weighted by molar-refractivity contribution is 6.50. The molecule has 29 heavy (non-hydrogen) atoms. The summed E-state index contributed by atoms with van der Waals surface area (Å²) in [5.41, 5.74) is 2.68. The molecule has 0 N–H and O–H groups in total. The van der Waals surface area contributed by atoms with E-state index in [2.05, 4.69) is 22.0 Å². The van der Waals surface area contributed by atoms with Gasteiger partial charge in [-0.25, -0.2) is 4.99 Å². The number of hydrogen-bond donors (Lipinski definition) is 0. The maximum Gasteiger partial charge on any atom is 0.254 e. The molecular formula is C22H23N5O2. The molecule has 0 amide bonds. The van der Waals surface area contributed by atoms with Crippen molar-refractivity contribution in [1.82, 2.24) is 14.8 Å². The lowest BCUT2D eigenvalue weighted by Gasteiger charge is -2.09. The normalized spacial score (nSPS) is 14.0. The van der Waals surface area contributed by atoms with Gasteiger partial charge in [0.15, 0.2) is 5.84 Å². The Kier molecular flexibility index (Phi) is 5.65. The zero-order chi connectivity index (χ0) is 20.1. The molecule has 0 aliphatic carbocycles. The zero-order valence-electron chi connectivity index (χ0n) is 16.6. The first-order valence-electron chi connectivity index (χ1n) is 9.69. The predicted molar refractivity (Wildman–Crippen MR) is 113 cm³/mol. The number of benzene rings is 2. The van der Waals surface area contributed by atoms with Gasteiger partial charge < -0.3 is 9.47 Å². The third-order valence-electron chi connectivity index (χ3n) is 4.64. The molecule has 2 heterocycles. The van der Waals surface area contributed by atoms with E-state index in [9.17, 15) is 0 Å². The van der Waals surface area contributed by atoms with E-state index in [4.69, 9.17) is 14.5 Å². The Labute approximate surface area is 169 Å². The van der Waals surface area contributed by atoms with E-state index in [1.54, 1.807) is 11.8 Å². The smallest absolute Gasteiger partial charge is 0.254 e. The molecule has 3 aromatic rings. The van der Waals surface area contributed by atoms with Crippen molar-refractivity contribution in [1.29, 1.82) is 0 Å². The molecule has 4 rings (SSSR count). The number of ether oxygens (including phenoxy) is 2. The SMILES string of the molecule is CCCCOc1ccc(C2=Nc3ncnn3C2=NCc2ccccc2OC)cc1. The molecule has 2 aromatic carbocycles. The van der Waals surface area contributed by atoms with Crippen molar-refractivity contribution in [3.63, 3.8) is 0 Å². The summed E-state index contributed by atoms with van der Waals surface area (Å²) in [5, 5.41) is 4.28. The largest absolute Gasteiger partial charge is 0.496 e. The van der Waals surface area contributed by atoms with Crippen LogP contribution >= 0.6 is 0 Å². The molecular weight excluding hydrogens is 366 g/mol. The number of hydrogen-bond acceptors (Lipinski definition) is 6. The van der Waals surface area contributed by atoms with Crippen molar-refractivity contribution < 1.29 is 9.47 Å². The molecule has 0 spiro atoms. The summed E-state index contributed by atoms with van der Waals surface area (Å²) >= 11 is 0. The van der Waals surface area contributed by atoms with Crippen molar-refractivity contribution in [2.45, 2.75) is 26.3 Å². The Morgan fingerprint density at radius 1 is 1.07 bits per heavy atom. The van der Waals surface area contributed by atoms with Gasteiger partial charge >= 0.3 is 0 Å². The van der Waals surface area contributed by atoms with E-state index in [-0.39, 0.29) is 0 Å². The van der Waals surface area contributed by atoms with Crippen molar-refractivity contribution in [2.75, 3.05) is 13.7 Å². The third-order valence-corrected chi connectivity index (χ3v) is 4.64. The molecule has 0 bridgehead atoms. The van der Waals surface area contributed by atoms with Gasteiger partial charge in [-0.2, -0.15) is 14.8 Å². The quantitative estimate of drug-likeness (QED) is 0.545. The van der Waals surface area contributed by atoms with Crippen LogP contribution in [0.25, 0.3) is 0 Å². The summed E-state index contributed by atoms with van der Waals surface area (Å²) in [6, 6.07) is 15.7. The first kappa shape index (κ1) is 18.9. The molecule has 1 aliphatic heterocycles. The van der Waals surface area contributed by atoms with Crippen LogP contribution in [0.1, 0.15) is 30.9 Å². The first-order chi connectivity index (χ1) is 14.3. The van der Waals surface area contributed by atoms with Crippen LogP contribution in [0.15, 0.2) is 64.8 Å². The number of fused-ring (bicyclic) bond motifs is 1. The minimum atomic E-state index is 0.454. The van der Waals surface area contributed by atoms with E-state index < -0.39 is 0 Å². The van der Waals surface area contributed by atoms with Crippen LogP contribution in [-0.4, -0.2) is 40.0 Å². The van der Waals surface area contributed by atoms with Crippen molar-refractivity contribution >= 4 is 17.5 Å². The van der Waals surface area contributed by atoms with Crippen LogP contribution in [0.5, 0.6) is 11.5 Å². The summed E-state index contributed by atoms with van der Waals surface area (Å²) < 4.78 is 12.8. The van der Waals surface area contributed by atoms with Gasteiger partial charge in [-0.3, -0.25) is 4.99 Å². The van der Waals surface area contributed by atoms with Crippen LogP contribution in [0.2, 0.25) is 0 Å². The minimum Gasteiger partial charge on any atom is -0.496 e. The second kappa shape index (κ2) is 8.68. The Morgan fingerprint density at radius 2 is 1.90 bits per heavy atom. The van der Waals surface area contributed by atoms with Crippen LogP contribution in [0.4, 0.5) is 5.95 Å². The number of unbranched alkanes of at least 4 members (excludes halogenated alkanes) is 1. The summed E-state index contributed by atoms with van der Waals surface area (Å²) in [5.74, 6) is 2.86. The maximum absolute atomic E-state index is 5.75. The number of para-hydroxylation sites is 1. The lowest BCUT2D eigenvalue weighted by molar-refractivity contribution is 0.309. The fraction of sp³-hybridized carbons (Fsp3) is 0.273. The van der Waals surface area contributed by atoms with E-state index >= 15 is 0 Å². The number of aromatic nitrogens is 3. The van der Waals surface area contributed by atoms with Gasteiger partial charge in [0.1, 0.15) is 23.5 Å². The Hall–Kier alpha value is -3.48. The highest BCUT2D eigenvalue weighted by Crippen LogP contribution is 2.23. The highest BCUT2D eigenvalue weighted by Gasteiger charge is 2.25. The van der Waals surface area contributed by atoms with Crippen LogP contribution in [0, 0.1) is 0 Å². The van der Waals surface area contributed by atoms with E-state index in [1.165, 1.54) is 6.33 Å². The van der Waals surface area contributed by atoms with Crippen LogP contribution in [0.3, 0.4) is 0 Å². The molecule has 0 fully saturated rings. The minimum absolute atomic E-state index is 0.454. The molecule has 7 heteroatoms. The monoisotopic (exact) mass is 389 g/mol. The molecule has 0 saturated carbocycles. The Bertz CT molecular complexity index is 1040. The van der Waals surface area contributed by atoms with Crippen molar-refractivity contribution in [3.8, 4) is 11.5 Å². The van der Waals surface area contributed by atoms with Gasteiger partial charge in [-0.15, -0.1) is 0 Å². The van der Waals surface area contributed by atoms with E-state index in [0.29, 0.717) is 18.3 Å². The van der Waals surface area contributed by atoms with Gasteiger partial charge in [-0.05, 0) is 36.8 Å². The lowest BCUT2D eigenvalue weighted by Crippen LogP contribution is -2.20. The average Bonchev–Trinajstić information content (AvgIpc) is 3.35. The summed E-state index contributed by atoms with van der Waals surface area (Å²) in [4.78, 5) is 13.6. The number of methoxy groups -OCH3 is 1. The first-order valence-corrected chi connectivity index (χ1v) is 9.69. The molecule has 0 radical (unpaired) electrons. The third kappa shape index (κ3) is 4.03. The highest BCUT2D eigenvalue weighted by atomic mass is 16.5. The maximum atomic E-state index is 5.75. The van der Waals surface area contributed by atoms with Crippen molar-refractivity contribution in [3.05, 3.63) is 66.0 Å². The molecule has 0 saturated heterocycles. The van der Waals surface area contributed by atoms with Gasteiger partial charge in [-0.1, -0.05) is 31.5 Å². The van der Waals surface area contributed by atoms with Gasteiger partial charge in [0, 0.05) is 11.1 Å². The summed E-state index contributed by atoms with van der Waals surface area (Å²) in [6.07, 6.45) is 3.64. The summed E-state index contributed by atoms with van der Waals surface area (Å²) in [6.45, 7) is 3.32. The topological polar surface area (TPSA) is 73.9 Å². The summed E-state index contributed by atoms with van der Waals surface area (Å²) in [7, 11) is 1.66. The number of nitrogens with zero attached hydrogens (tertiary/aromatic N) is 5.